The first-order valence-corrected chi connectivity index (χ1v) is 16.5. The Bertz CT molecular complexity index is 2830. The zero-order chi connectivity index (χ0) is 32.3. The van der Waals surface area contributed by atoms with E-state index in [4.69, 9.17) is 15.0 Å². The van der Waals surface area contributed by atoms with Crippen molar-refractivity contribution in [2.75, 3.05) is 0 Å². The lowest BCUT2D eigenvalue weighted by atomic mass is 9.96. The predicted molar refractivity (Wildman–Crippen MR) is 203 cm³/mol. The molecule has 49 heavy (non-hydrogen) atoms. The van der Waals surface area contributed by atoms with Gasteiger partial charge in [-0.15, -0.1) is 0 Å². The van der Waals surface area contributed by atoms with Crippen molar-refractivity contribution in [2.45, 2.75) is 0 Å². The molecule has 8 aromatic carbocycles. The van der Waals surface area contributed by atoms with Crippen molar-refractivity contribution in [3.63, 3.8) is 0 Å². The number of fused-ring (bicyclic) bond motifs is 7. The highest BCUT2D eigenvalue weighted by Gasteiger charge is 2.22. The van der Waals surface area contributed by atoms with Gasteiger partial charge in [-0.25, -0.2) is 15.0 Å². The summed E-state index contributed by atoms with van der Waals surface area (Å²) in [7, 11) is 0. The van der Waals surface area contributed by atoms with Crippen molar-refractivity contribution in [3.8, 4) is 39.9 Å². The molecule has 4 heteroatoms. The summed E-state index contributed by atoms with van der Waals surface area (Å²) in [5.41, 5.74) is 6.19. The molecule has 0 saturated heterocycles. The van der Waals surface area contributed by atoms with Crippen LogP contribution in [0.1, 0.15) is 0 Å². The number of nitrogens with zero attached hydrogens (tertiary/aromatic N) is 4. The molecule has 0 aliphatic carbocycles. The standard InChI is InChI=1S/C45H28N4/c1-2-15-30(16-3-1)43-46-44(38-28-31-17-5-6-18-32(31)34-20-8-9-21-35(34)38)48-45(47-43)42-33-19-7-4-14-29(33)26-27-41(42)49-39-24-12-10-22-36(39)37-23-11-13-25-40(37)49/h1-28H. The van der Waals surface area contributed by atoms with Crippen LogP contribution in [0.5, 0.6) is 0 Å². The van der Waals surface area contributed by atoms with Crippen molar-refractivity contribution in [2.24, 2.45) is 0 Å². The Kier molecular flexibility index (Phi) is 6.15. The minimum atomic E-state index is 0.634. The number of benzene rings is 8. The first-order valence-electron chi connectivity index (χ1n) is 16.5. The quantitative estimate of drug-likeness (QED) is 0.183. The summed E-state index contributed by atoms with van der Waals surface area (Å²) < 4.78 is 2.36. The average Bonchev–Trinajstić information content (AvgIpc) is 3.51. The van der Waals surface area contributed by atoms with Gasteiger partial charge >= 0.3 is 0 Å². The molecule has 0 radical (unpaired) electrons. The monoisotopic (exact) mass is 624 g/mol. The third-order valence-electron chi connectivity index (χ3n) is 9.63. The molecular formula is C45H28N4. The van der Waals surface area contributed by atoms with Gasteiger partial charge in [-0.1, -0.05) is 146 Å². The molecule has 0 aliphatic rings. The molecule has 0 spiro atoms. The van der Waals surface area contributed by atoms with E-state index >= 15 is 0 Å². The minimum Gasteiger partial charge on any atom is -0.308 e. The zero-order valence-electron chi connectivity index (χ0n) is 26.5. The van der Waals surface area contributed by atoms with E-state index in [0.717, 1.165) is 55.0 Å². The van der Waals surface area contributed by atoms with Gasteiger partial charge in [-0.3, -0.25) is 0 Å². The van der Waals surface area contributed by atoms with E-state index in [0.29, 0.717) is 17.5 Å². The summed E-state index contributed by atoms with van der Waals surface area (Å²) in [6.07, 6.45) is 0. The van der Waals surface area contributed by atoms with E-state index in [9.17, 15) is 0 Å². The Balaban J connectivity index is 1.34. The Hall–Kier alpha value is -6.65. The average molecular weight is 625 g/mol. The fourth-order valence-electron chi connectivity index (χ4n) is 7.43. The van der Waals surface area contributed by atoms with E-state index in [2.05, 4.69) is 156 Å². The largest absolute Gasteiger partial charge is 0.308 e. The molecule has 2 heterocycles. The van der Waals surface area contributed by atoms with Gasteiger partial charge in [0.05, 0.1) is 22.3 Å². The summed E-state index contributed by atoms with van der Waals surface area (Å²) in [4.78, 5) is 15.9. The smallest absolute Gasteiger partial charge is 0.166 e. The lowest BCUT2D eigenvalue weighted by molar-refractivity contribution is 1.07. The highest BCUT2D eigenvalue weighted by atomic mass is 15.1. The molecule has 4 nitrogen and oxygen atoms in total. The number of hydrogen-bond donors (Lipinski definition) is 0. The van der Waals surface area contributed by atoms with Crippen LogP contribution in [0.4, 0.5) is 0 Å². The van der Waals surface area contributed by atoms with Crippen molar-refractivity contribution < 1.29 is 0 Å². The van der Waals surface area contributed by atoms with Crippen LogP contribution in [-0.2, 0) is 0 Å². The molecule has 0 atom stereocenters. The number of hydrogen-bond acceptors (Lipinski definition) is 3. The SMILES string of the molecule is c1ccc(-c2nc(-c3c(-n4c5ccccc5c5ccccc54)ccc4ccccc34)nc(-c3cc4ccccc4c4ccccc34)n2)cc1. The Morgan fingerprint density at radius 3 is 1.61 bits per heavy atom. The number of para-hydroxylation sites is 2. The van der Waals surface area contributed by atoms with Crippen LogP contribution in [0.25, 0.3) is 94.0 Å². The Morgan fingerprint density at radius 2 is 0.878 bits per heavy atom. The van der Waals surface area contributed by atoms with Gasteiger partial charge in [0.15, 0.2) is 17.5 Å². The molecule has 0 unspecified atom stereocenters. The summed E-state index contributed by atoms with van der Waals surface area (Å²) in [5, 5.41) is 9.27. The van der Waals surface area contributed by atoms with Crippen LogP contribution in [-0.4, -0.2) is 19.5 Å². The van der Waals surface area contributed by atoms with Crippen LogP contribution in [0.3, 0.4) is 0 Å². The Labute approximate surface area is 282 Å². The lowest BCUT2D eigenvalue weighted by Gasteiger charge is -2.17. The van der Waals surface area contributed by atoms with Gasteiger partial charge in [0, 0.05) is 21.9 Å². The van der Waals surface area contributed by atoms with Crippen LogP contribution in [0.15, 0.2) is 170 Å². The summed E-state index contributed by atoms with van der Waals surface area (Å²) >= 11 is 0. The second-order valence-electron chi connectivity index (χ2n) is 12.4. The van der Waals surface area contributed by atoms with Gasteiger partial charge in [0.1, 0.15) is 0 Å². The topological polar surface area (TPSA) is 43.6 Å². The maximum atomic E-state index is 5.40. The molecule has 2 aromatic heterocycles. The van der Waals surface area contributed by atoms with Gasteiger partial charge in [-0.05, 0) is 56.6 Å². The predicted octanol–water partition coefficient (Wildman–Crippen LogP) is 11.4. The summed E-state index contributed by atoms with van der Waals surface area (Å²) in [6, 6.07) is 59.7. The fourth-order valence-corrected chi connectivity index (χ4v) is 7.43. The first-order chi connectivity index (χ1) is 24.3. The molecule has 0 N–H and O–H groups in total. The number of aromatic nitrogens is 4. The molecule has 0 amide bonds. The van der Waals surface area contributed by atoms with E-state index < -0.39 is 0 Å². The maximum Gasteiger partial charge on any atom is 0.166 e. The molecule has 0 bridgehead atoms. The molecule has 0 aliphatic heterocycles. The van der Waals surface area contributed by atoms with E-state index in [-0.39, 0.29) is 0 Å². The van der Waals surface area contributed by atoms with Gasteiger partial charge in [-0.2, -0.15) is 0 Å². The highest BCUT2D eigenvalue weighted by molar-refractivity contribution is 6.14. The number of rotatable bonds is 4. The van der Waals surface area contributed by atoms with Crippen LogP contribution in [0, 0.1) is 0 Å². The van der Waals surface area contributed by atoms with E-state index in [1.165, 1.54) is 21.5 Å². The van der Waals surface area contributed by atoms with E-state index in [1.807, 2.05) is 18.2 Å². The second-order valence-corrected chi connectivity index (χ2v) is 12.4. The summed E-state index contributed by atoms with van der Waals surface area (Å²) in [5.74, 6) is 1.92. The molecule has 228 valence electrons. The van der Waals surface area contributed by atoms with Crippen molar-refractivity contribution in [1.29, 1.82) is 0 Å². The molecule has 0 fully saturated rings. The van der Waals surface area contributed by atoms with Gasteiger partial charge in [0.2, 0.25) is 0 Å². The summed E-state index contributed by atoms with van der Waals surface area (Å²) in [6.45, 7) is 0. The van der Waals surface area contributed by atoms with Crippen molar-refractivity contribution in [1.82, 2.24) is 19.5 Å². The van der Waals surface area contributed by atoms with Crippen LogP contribution in [0.2, 0.25) is 0 Å². The molecule has 10 aromatic rings. The van der Waals surface area contributed by atoms with Gasteiger partial charge in [0.25, 0.3) is 0 Å². The molecule has 0 saturated carbocycles. The van der Waals surface area contributed by atoms with Crippen LogP contribution >= 0.6 is 0 Å². The van der Waals surface area contributed by atoms with E-state index in [1.54, 1.807) is 0 Å². The normalized spacial score (nSPS) is 11.7. The first kappa shape index (κ1) is 27.5. The highest BCUT2D eigenvalue weighted by Crippen LogP contribution is 2.40. The van der Waals surface area contributed by atoms with Crippen molar-refractivity contribution in [3.05, 3.63) is 170 Å². The Morgan fingerprint density at radius 1 is 0.347 bits per heavy atom. The van der Waals surface area contributed by atoms with Gasteiger partial charge < -0.3 is 4.57 Å². The third-order valence-corrected chi connectivity index (χ3v) is 9.63. The maximum absolute atomic E-state index is 5.40. The lowest BCUT2D eigenvalue weighted by Crippen LogP contribution is -2.04. The third kappa shape index (κ3) is 4.35. The minimum absolute atomic E-state index is 0.634. The van der Waals surface area contributed by atoms with Crippen LogP contribution < -0.4 is 0 Å². The molecule has 10 rings (SSSR count). The fraction of sp³-hybridized carbons (Fsp3) is 0. The zero-order valence-corrected chi connectivity index (χ0v) is 26.5. The molecular weight excluding hydrogens is 597 g/mol. The second kappa shape index (κ2) is 11.0. The van der Waals surface area contributed by atoms with Crippen molar-refractivity contribution >= 4 is 54.1 Å².